The second-order valence-corrected chi connectivity index (χ2v) is 11.7. The summed E-state index contributed by atoms with van der Waals surface area (Å²) >= 11 is 3.54. The van der Waals surface area contributed by atoms with E-state index < -0.39 is 0 Å². The van der Waals surface area contributed by atoms with Gasteiger partial charge in [0.1, 0.15) is 0 Å². The highest BCUT2D eigenvalue weighted by molar-refractivity contribution is 9.10. The van der Waals surface area contributed by atoms with Gasteiger partial charge in [0, 0.05) is 17.6 Å². The molecular formula is C34H43BrN2O2. The number of halogens is 1. The molecule has 0 aromatic heterocycles. The van der Waals surface area contributed by atoms with E-state index in [0.29, 0.717) is 24.2 Å². The number of carbonyl (C=O) groups is 2. The second kappa shape index (κ2) is 14.6. The van der Waals surface area contributed by atoms with Crippen molar-refractivity contribution >= 4 is 39.1 Å². The van der Waals surface area contributed by atoms with Crippen molar-refractivity contribution in [2.45, 2.75) is 90.9 Å². The van der Waals surface area contributed by atoms with Crippen molar-refractivity contribution in [3.8, 4) is 0 Å². The minimum atomic E-state index is -0.0332. The summed E-state index contributed by atoms with van der Waals surface area (Å²) in [7, 11) is 0. The van der Waals surface area contributed by atoms with Crippen LogP contribution in [0.3, 0.4) is 0 Å². The molecule has 0 unspecified atom stereocenters. The first-order valence-electron chi connectivity index (χ1n) is 15.0. The van der Waals surface area contributed by atoms with Gasteiger partial charge >= 0.3 is 0 Å². The molecule has 2 aromatic rings. The van der Waals surface area contributed by atoms with E-state index in [1.165, 1.54) is 51.4 Å². The molecule has 2 aliphatic heterocycles. The molecule has 0 aliphatic carbocycles. The molecule has 2 aromatic carbocycles. The molecule has 0 saturated heterocycles. The maximum absolute atomic E-state index is 14.2. The van der Waals surface area contributed by atoms with Crippen LogP contribution in [-0.4, -0.2) is 34.7 Å². The molecule has 39 heavy (non-hydrogen) atoms. The van der Waals surface area contributed by atoms with Gasteiger partial charge in [-0.2, -0.15) is 0 Å². The van der Waals surface area contributed by atoms with Crippen molar-refractivity contribution in [2.75, 3.05) is 13.1 Å². The fraction of sp³-hybridized carbons (Fsp3) is 0.471. The number of carbonyl (C=O) groups excluding carboxylic acids is 2. The third-order valence-electron chi connectivity index (χ3n) is 7.82. The molecule has 4 nitrogen and oxygen atoms in total. The molecule has 0 radical (unpaired) electrons. The van der Waals surface area contributed by atoms with Gasteiger partial charge in [-0.15, -0.1) is 0 Å². The molecule has 2 aliphatic rings. The van der Waals surface area contributed by atoms with Crippen LogP contribution in [0.4, 0.5) is 0 Å². The number of hydrogen-bond donors (Lipinski definition) is 0. The average Bonchev–Trinajstić information content (AvgIpc) is 3.40. The van der Waals surface area contributed by atoms with Crippen LogP contribution < -0.4 is 0 Å². The number of unbranched alkanes of at least 4 members (excludes halogenated alkanes) is 10. The van der Waals surface area contributed by atoms with Gasteiger partial charge in [-0.1, -0.05) is 136 Å². The molecule has 0 saturated carbocycles. The summed E-state index contributed by atoms with van der Waals surface area (Å²) in [6.07, 6.45) is 13.9. The summed E-state index contributed by atoms with van der Waals surface area (Å²) in [5.41, 5.74) is 4.59. The van der Waals surface area contributed by atoms with E-state index in [1.54, 1.807) is 0 Å². The van der Waals surface area contributed by atoms with Gasteiger partial charge in [-0.3, -0.25) is 9.59 Å². The Morgan fingerprint density at radius 3 is 1.41 bits per heavy atom. The van der Waals surface area contributed by atoms with E-state index in [1.807, 2.05) is 64.4 Å². The lowest BCUT2D eigenvalue weighted by atomic mass is 10.0. The first kappa shape index (κ1) is 29.3. The fourth-order valence-electron chi connectivity index (χ4n) is 5.73. The van der Waals surface area contributed by atoms with Gasteiger partial charge in [0.15, 0.2) is 0 Å². The van der Waals surface area contributed by atoms with E-state index in [2.05, 4.69) is 29.8 Å². The lowest BCUT2D eigenvalue weighted by Crippen LogP contribution is -2.31. The molecule has 0 bridgehead atoms. The monoisotopic (exact) mass is 590 g/mol. The minimum absolute atomic E-state index is 0.0332. The lowest BCUT2D eigenvalue weighted by Gasteiger charge is -2.25. The van der Waals surface area contributed by atoms with Crippen LogP contribution >= 0.6 is 15.9 Å². The minimum Gasteiger partial charge on any atom is -0.307 e. The lowest BCUT2D eigenvalue weighted by molar-refractivity contribution is -0.124. The molecule has 0 spiro atoms. The highest BCUT2D eigenvalue weighted by Gasteiger charge is 2.48. The van der Waals surface area contributed by atoms with Crippen molar-refractivity contribution in [2.24, 2.45) is 0 Å². The largest absolute Gasteiger partial charge is 0.307 e. The number of nitrogens with zero attached hydrogens (tertiary/aromatic N) is 2. The Bertz CT molecular complexity index is 1180. The number of amides is 2. The predicted molar refractivity (Wildman–Crippen MR) is 165 cm³/mol. The Kier molecular flexibility index (Phi) is 11.0. The molecule has 2 amide bonds. The standard InChI is InChI=1S/C34H43BrN2O2/c1-3-5-7-9-11-16-24-36-31(26-18-14-13-15-19-26)29-30(34(36)39)32(27-20-22-28(35)23-21-27)37(33(29)38)25-17-12-10-8-6-4-2/h13-15,18-23H,3-12,16-17,24-25H2,1-2H3. The third-order valence-corrected chi connectivity index (χ3v) is 8.35. The summed E-state index contributed by atoms with van der Waals surface area (Å²) < 4.78 is 0.979. The van der Waals surface area contributed by atoms with Crippen LogP contribution in [0, 0.1) is 0 Å². The summed E-state index contributed by atoms with van der Waals surface area (Å²) in [6, 6.07) is 18.0. The van der Waals surface area contributed by atoms with Gasteiger partial charge in [-0.05, 0) is 36.1 Å². The van der Waals surface area contributed by atoms with E-state index >= 15 is 0 Å². The average molecular weight is 592 g/mol. The summed E-state index contributed by atoms with van der Waals surface area (Å²) in [5.74, 6) is -0.0664. The molecule has 0 N–H and O–H groups in total. The van der Waals surface area contributed by atoms with Gasteiger partial charge in [-0.25, -0.2) is 0 Å². The smallest absolute Gasteiger partial charge is 0.261 e. The molecule has 4 rings (SSSR count). The SMILES string of the molecule is CCCCCCCCN1C(=O)C2=C(c3ccc(Br)cc3)N(CCCCCCCC)C(=O)C2=C1c1ccccc1. The molecule has 0 fully saturated rings. The highest BCUT2D eigenvalue weighted by Crippen LogP contribution is 2.46. The maximum atomic E-state index is 14.2. The number of rotatable bonds is 16. The van der Waals surface area contributed by atoms with Gasteiger partial charge in [0.25, 0.3) is 11.8 Å². The van der Waals surface area contributed by atoms with Crippen molar-refractivity contribution < 1.29 is 9.59 Å². The van der Waals surface area contributed by atoms with Crippen molar-refractivity contribution in [3.63, 3.8) is 0 Å². The fourth-order valence-corrected chi connectivity index (χ4v) is 5.99. The van der Waals surface area contributed by atoms with Crippen molar-refractivity contribution in [1.82, 2.24) is 9.80 Å². The highest BCUT2D eigenvalue weighted by atomic mass is 79.9. The topological polar surface area (TPSA) is 40.6 Å². The summed E-state index contributed by atoms with van der Waals surface area (Å²) in [4.78, 5) is 32.1. The number of hydrogen-bond acceptors (Lipinski definition) is 2. The van der Waals surface area contributed by atoms with Crippen LogP contribution in [0.25, 0.3) is 11.4 Å². The number of benzene rings is 2. The van der Waals surface area contributed by atoms with Crippen molar-refractivity contribution in [1.29, 1.82) is 0 Å². The van der Waals surface area contributed by atoms with Gasteiger partial charge in [0.2, 0.25) is 0 Å². The first-order chi connectivity index (χ1) is 19.1. The zero-order chi connectivity index (χ0) is 27.6. The van der Waals surface area contributed by atoms with Crippen LogP contribution in [0.5, 0.6) is 0 Å². The van der Waals surface area contributed by atoms with E-state index in [-0.39, 0.29) is 11.8 Å². The van der Waals surface area contributed by atoms with Crippen LogP contribution in [-0.2, 0) is 9.59 Å². The normalized spacial score (nSPS) is 15.3. The summed E-state index contributed by atoms with van der Waals surface area (Å²) in [5, 5.41) is 0. The van der Waals surface area contributed by atoms with Gasteiger partial charge < -0.3 is 9.80 Å². The molecule has 0 atom stereocenters. The van der Waals surface area contributed by atoms with Crippen molar-refractivity contribution in [3.05, 3.63) is 81.3 Å². The Morgan fingerprint density at radius 2 is 0.949 bits per heavy atom. The third kappa shape index (κ3) is 6.92. The van der Waals surface area contributed by atoms with Crippen LogP contribution in [0.15, 0.2) is 70.2 Å². The summed E-state index contributed by atoms with van der Waals surface area (Å²) in [6.45, 7) is 5.73. The van der Waals surface area contributed by atoms with Gasteiger partial charge in [0.05, 0.1) is 22.5 Å². The molecular weight excluding hydrogens is 548 g/mol. The molecule has 5 heteroatoms. The first-order valence-corrected chi connectivity index (χ1v) is 15.8. The number of fused-ring (bicyclic) bond motifs is 1. The molecule has 208 valence electrons. The Labute approximate surface area is 243 Å². The quantitative estimate of drug-likeness (QED) is 0.183. The van der Waals surface area contributed by atoms with E-state index in [4.69, 9.17) is 0 Å². The Balaban J connectivity index is 1.68. The van der Waals surface area contributed by atoms with E-state index in [0.717, 1.165) is 52.7 Å². The van der Waals surface area contributed by atoms with Crippen LogP contribution in [0.2, 0.25) is 0 Å². The second-order valence-electron chi connectivity index (χ2n) is 10.8. The maximum Gasteiger partial charge on any atom is 0.261 e. The van der Waals surface area contributed by atoms with Crippen LogP contribution in [0.1, 0.15) is 102 Å². The zero-order valence-electron chi connectivity index (χ0n) is 23.7. The predicted octanol–water partition coefficient (Wildman–Crippen LogP) is 8.98. The Hall–Kier alpha value is -2.66. The Morgan fingerprint density at radius 1 is 0.538 bits per heavy atom. The van der Waals surface area contributed by atoms with E-state index in [9.17, 15) is 9.59 Å². The zero-order valence-corrected chi connectivity index (χ0v) is 25.3. The molecule has 2 heterocycles.